The van der Waals surface area contributed by atoms with Crippen molar-refractivity contribution in [2.24, 2.45) is 0 Å². The minimum Gasteiger partial charge on any atom is -0.507 e. The molecular weight excluding hydrogens is 232 g/mol. The lowest BCUT2D eigenvalue weighted by Crippen LogP contribution is -1.86. The van der Waals surface area contributed by atoms with Crippen molar-refractivity contribution >= 4 is 12.6 Å². The summed E-state index contributed by atoms with van der Waals surface area (Å²) in [5, 5.41) is 19.1. The number of aldehydes is 2. The molecule has 0 saturated heterocycles. The molecule has 18 heavy (non-hydrogen) atoms. The SMILES string of the molecule is O=Cc1ccc(-c2ccc(C=O)c(O)c2)cc1O. The minimum atomic E-state index is -0.124. The number of aromatic hydroxyl groups is 2. The smallest absolute Gasteiger partial charge is 0.153 e. The summed E-state index contributed by atoms with van der Waals surface area (Å²) < 4.78 is 0. The minimum absolute atomic E-state index is 0.124. The summed E-state index contributed by atoms with van der Waals surface area (Å²) in [6.45, 7) is 0. The molecule has 0 aliphatic carbocycles. The molecule has 2 aromatic carbocycles. The molecule has 0 unspecified atom stereocenters. The van der Waals surface area contributed by atoms with Gasteiger partial charge in [0.15, 0.2) is 12.6 Å². The third kappa shape index (κ3) is 2.08. The fourth-order valence-electron chi connectivity index (χ4n) is 1.65. The Morgan fingerprint density at radius 3 is 1.39 bits per heavy atom. The maximum Gasteiger partial charge on any atom is 0.153 e. The van der Waals surface area contributed by atoms with Crippen LogP contribution in [0.3, 0.4) is 0 Å². The highest BCUT2D eigenvalue weighted by Gasteiger charge is 2.06. The van der Waals surface area contributed by atoms with E-state index in [9.17, 15) is 19.8 Å². The van der Waals surface area contributed by atoms with Crippen LogP contribution in [0.5, 0.6) is 11.5 Å². The summed E-state index contributed by atoms with van der Waals surface area (Å²) in [6.07, 6.45) is 1.12. The summed E-state index contributed by atoms with van der Waals surface area (Å²) in [6, 6.07) is 9.14. The molecule has 4 nitrogen and oxygen atoms in total. The Hall–Kier alpha value is -2.62. The molecule has 0 atom stereocenters. The molecule has 0 heterocycles. The number of rotatable bonds is 3. The number of hydrogen-bond acceptors (Lipinski definition) is 4. The van der Waals surface area contributed by atoms with Gasteiger partial charge in [-0.05, 0) is 35.4 Å². The van der Waals surface area contributed by atoms with E-state index in [2.05, 4.69) is 0 Å². The van der Waals surface area contributed by atoms with Crippen LogP contribution in [0, 0.1) is 0 Å². The number of hydrogen-bond donors (Lipinski definition) is 2. The lowest BCUT2D eigenvalue weighted by atomic mass is 10.0. The second-order valence-electron chi connectivity index (χ2n) is 3.78. The summed E-state index contributed by atoms with van der Waals surface area (Å²) in [7, 11) is 0. The highest BCUT2D eigenvalue weighted by molar-refractivity contribution is 5.84. The molecule has 2 N–H and O–H groups in total. The molecule has 2 rings (SSSR count). The van der Waals surface area contributed by atoms with E-state index in [-0.39, 0.29) is 22.6 Å². The van der Waals surface area contributed by atoms with Crippen molar-refractivity contribution in [3.63, 3.8) is 0 Å². The largest absolute Gasteiger partial charge is 0.507 e. The fraction of sp³-hybridized carbons (Fsp3) is 0. The molecular formula is C14H10O4. The van der Waals surface area contributed by atoms with Crippen LogP contribution >= 0.6 is 0 Å². The maximum atomic E-state index is 10.6. The van der Waals surface area contributed by atoms with Gasteiger partial charge in [0.05, 0.1) is 11.1 Å². The van der Waals surface area contributed by atoms with Gasteiger partial charge in [-0.1, -0.05) is 12.1 Å². The van der Waals surface area contributed by atoms with Gasteiger partial charge in [0.2, 0.25) is 0 Å². The maximum absolute atomic E-state index is 10.6. The molecule has 4 heteroatoms. The molecule has 0 aliphatic rings. The van der Waals surface area contributed by atoms with Gasteiger partial charge in [-0.3, -0.25) is 9.59 Å². The Balaban J connectivity index is 2.48. The molecule has 0 spiro atoms. The van der Waals surface area contributed by atoms with Crippen molar-refractivity contribution < 1.29 is 19.8 Å². The second kappa shape index (κ2) is 4.71. The zero-order chi connectivity index (χ0) is 13.1. The fourth-order valence-corrected chi connectivity index (χ4v) is 1.65. The number of carbonyl (C=O) groups is 2. The van der Waals surface area contributed by atoms with Gasteiger partial charge < -0.3 is 10.2 Å². The molecule has 0 aliphatic heterocycles. The highest BCUT2D eigenvalue weighted by atomic mass is 16.3. The molecule has 0 amide bonds. The summed E-state index contributed by atoms with van der Waals surface area (Å²) in [5.74, 6) is -0.247. The quantitative estimate of drug-likeness (QED) is 0.810. The number of phenols is 2. The average Bonchev–Trinajstić information content (AvgIpc) is 2.38. The molecule has 0 bridgehead atoms. The van der Waals surface area contributed by atoms with E-state index in [4.69, 9.17) is 0 Å². The van der Waals surface area contributed by atoms with Crippen molar-refractivity contribution in [2.45, 2.75) is 0 Å². The standard InChI is InChI=1S/C14H10O4/c15-7-11-3-1-9(5-13(11)17)10-2-4-12(8-16)14(18)6-10/h1-8,17-18H. The van der Waals surface area contributed by atoms with Crippen LogP contribution in [-0.4, -0.2) is 22.8 Å². The Kier molecular flexibility index (Phi) is 3.10. The van der Waals surface area contributed by atoms with Gasteiger partial charge in [0, 0.05) is 0 Å². The zero-order valence-electron chi connectivity index (χ0n) is 9.33. The summed E-state index contributed by atoms with van der Waals surface area (Å²) >= 11 is 0. The van der Waals surface area contributed by atoms with E-state index in [1.807, 2.05) is 0 Å². The first kappa shape index (κ1) is 11.9. The molecule has 0 saturated carbocycles. The third-order valence-electron chi connectivity index (χ3n) is 2.65. The molecule has 0 aromatic heterocycles. The van der Waals surface area contributed by atoms with Crippen LogP contribution in [0.15, 0.2) is 36.4 Å². The van der Waals surface area contributed by atoms with Crippen molar-refractivity contribution in [1.82, 2.24) is 0 Å². The Morgan fingerprint density at radius 1 is 0.722 bits per heavy atom. The monoisotopic (exact) mass is 242 g/mol. The van der Waals surface area contributed by atoms with E-state index >= 15 is 0 Å². The van der Waals surface area contributed by atoms with Gasteiger partial charge in [-0.2, -0.15) is 0 Å². The first-order chi connectivity index (χ1) is 8.65. The van der Waals surface area contributed by atoms with E-state index in [0.29, 0.717) is 23.7 Å². The summed E-state index contributed by atoms with van der Waals surface area (Å²) in [4.78, 5) is 21.1. The normalized spacial score (nSPS) is 10.0. The van der Waals surface area contributed by atoms with Gasteiger partial charge in [0.25, 0.3) is 0 Å². The van der Waals surface area contributed by atoms with Crippen molar-refractivity contribution in [3.05, 3.63) is 47.5 Å². The van der Waals surface area contributed by atoms with Crippen LogP contribution in [-0.2, 0) is 0 Å². The van der Waals surface area contributed by atoms with E-state index in [0.717, 1.165) is 0 Å². The zero-order valence-corrected chi connectivity index (χ0v) is 9.33. The molecule has 0 fully saturated rings. The van der Waals surface area contributed by atoms with Crippen LogP contribution in [0.4, 0.5) is 0 Å². The van der Waals surface area contributed by atoms with E-state index < -0.39 is 0 Å². The van der Waals surface area contributed by atoms with Gasteiger partial charge in [0.1, 0.15) is 11.5 Å². The topological polar surface area (TPSA) is 74.6 Å². The van der Waals surface area contributed by atoms with Gasteiger partial charge in [-0.25, -0.2) is 0 Å². The Bertz CT molecular complexity index is 562. The van der Waals surface area contributed by atoms with Crippen LogP contribution in [0.2, 0.25) is 0 Å². The van der Waals surface area contributed by atoms with Crippen molar-refractivity contribution in [1.29, 1.82) is 0 Å². The first-order valence-corrected chi connectivity index (χ1v) is 5.22. The Labute approximate surface area is 103 Å². The van der Waals surface area contributed by atoms with Crippen molar-refractivity contribution in [2.75, 3.05) is 0 Å². The number of phenolic OH excluding ortho intramolecular Hbond substituents is 2. The van der Waals surface area contributed by atoms with Crippen LogP contribution in [0.1, 0.15) is 20.7 Å². The molecule has 90 valence electrons. The first-order valence-electron chi connectivity index (χ1n) is 5.22. The number of benzene rings is 2. The van der Waals surface area contributed by atoms with Gasteiger partial charge in [-0.15, -0.1) is 0 Å². The lowest BCUT2D eigenvalue weighted by Gasteiger charge is -2.05. The predicted molar refractivity (Wildman–Crippen MR) is 66.0 cm³/mol. The average molecular weight is 242 g/mol. The molecule has 0 radical (unpaired) electrons. The van der Waals surface area contributed by atoms with Crippen LogP contribution < -0.4 is 0 Å². The number of carbonyl (C=O) groups excluding carboxylic acids is 2. The predicted octanol–water partition coefficient (Wildman–Crippen LogP) is 2.39. The lowest BCUT2D eigenvalue weighted by molar-refractivity contribution is 0.111. The highest BCUT2D eigenvalue weighted by Crippen LogP contribution is 2.29. The second-order valence-corrected chi connectivity index (χ2v) is 3.78. The summed E-state index contributed by atoms with van der Waals surface area (Å²) in [5.41, 5.74) is 1.69. The Morgan fingerprint density at radius 2 is 1.11 bits per heavy atom. The van der Waals surface area contributed by atoms with E-state index in [1.54, 1.807) is 12.1 Å². The van der Waals surface area contributed by atoms with Crippen molar-refractivity contribution in [3.8, 4) is 22.6 Å². The third-order valence-corrected chi connectivity index (χ3v) is 2.65. The molecule has 2 aromatic rings. The van der Waals surface area contributed by atoms with Gasteiger partial charge >= 0.3 is 0 Å². The van der Waals surface area contributed by atoms with Crippen LogP contribution in [0.25, 0.3) is 11.1 Å². The van der Waals surface area contributed by atoms with E-state index in [1.165, 1.54) is 24.3 Å².